The number of hydrogen-bond donors (Lipinski definition) is 0. The summed E-state index contributed by atoms with van der Waals surface area (Å²) in [6, 6.07) is 1.94. The maximum absolute atomic E-state index is 13.3. The van der Waals surface area contributed by atoms with Crippen LogP contribution in [-0.4, -0.2) is 18.7 Å². The third kappa shape index (κ3) is 3.91. The van der Waals surface area contributed by atoms with Gasteiger partial charge in [-0.2, -0.15) is 4.99 Å². The van der Waals surface area contributed by atoms with Crippen LogP contribution in [0.25, 0.3) is 0 Å². The van der Waals surface area contributed by atoms with Crippen LogP contribution in [0.2, 0.25) is 5.02 Å². The van der Waals surface area contributed by atoms with Gasteiger partial charge in [0.2, 0.25) is 11.8 Å². The molecule has 0 N–H and O–H groups in total. The summed E-state index contributed by atoms with van der Waals surface area (Å²) in [4.78, 5) is 24.5. The Hall–Kier alpha value is -2.17. The fourth-order valence-electron chi connectivity index (χ4n) is 1.12. The average Bonchev–Trinajstić information content (AvgIpc) is 2.35. The standard InChI is InChI=1S/C12H9ClFNO4/c1-3-18-12(17)7(2)19-11-5-10(15-6-16)9(14)4-8(11)13/h4-5H,2-3H2,1H3. The van der Waals surface area contributed by atoms with Crippen molar-refractivity contribution in [1.29, 1.82) is 0 Å². The molecule has 1 aromatic carbocycles. The number of benzene rings is 1. The topological polar surface area (TPSA) is 65.0 Å². The van der Waals surface area contributed by atoms with Crippen LogP contribution in [0.4, 0.5) is 10.1 Å². The molecule has 0 saturated heterocycles. The minimum absolute atomic E-state index is 0.0740. The van der Waals surface area contributed by atoms with Crippen LogP contribution in [0.15, 0.2) is 29.5 Å². The fourth-order valence-corrected chi connectivity index (χ4v) is 1.31. The van der Waals surface area contributed by atoms with Gasteiger partial charge >= 0.3 is 5.97 Å². The molecule has 19 heavy (non-hydrogen) atoms. The van der Waals surface area contributed by atoms with Crippen molar-refractivity contribution in [1.82, 2.24) is 0 Å². The fraction of sp³-hybridized carbons (Fsp3) is 0.167. The highest BCUT2D eigenvalue weighted by Crippen LogP contribution is 2.32. The maximum Gasteiger partial charge on any atom is 0.373 e. The lowest BCUT2D eigenvalue weighted by molar-refractivity contribution is -0.140. The number of aliphatic imine (C=N–C) groups is 1. The first-order valence-electron chi connectivity index (χ1n) is 5.10. The van der Waals surface area contributed by atoms with Gasteiger partial charge in [-0.25, -0.2) is 14.0 Å². The molecular formula is C12H9ClFNO4. The Labute approximate surface area is 113 Å². The minimum Gasteiger partial charge on any atom is -0.460 e. The molecule has 0 amide bonds. The van der Waals surface area contributed by atoms with Gasteiger partial charge in [-0.3, -0.25) is 0 Å². The molecule has 0 fully saturated rings. The summed E-state index contributed by atoms with van der Waals surface area (Å²) in [7, 11) is 0. The second kappa shape index (κ2) is 6.68. The Bertz CT molecular complexity index is 567. The van der Waals surface area contributed by atoms with Gasteiger partial charge < -0.3 is 9.47 Å². The van der Waals surface area contributed by atoms with Gasteiger partial charge in [0.05, 0.1) is 11.6 Å². The first kappa shape index (κ1) is 14.9. The molecule has 0 heterocycles. The number of carbonyl (C=O) groups excluding carboxylic acids is 2. The molecule has 0 radical (unpaired) electrons. The molecule has 5 nitrogen and oxygen atoms in total. The highest BCUT2D eigenvalue weighted by atomic mass is 35.5. The lowest BCUT2D eigenvalue weighted by Crippen LogP contribution is -2.11. The Kier molecular flexibility index (Phi) is 5.23. The van der Waals surface area contributed by atoms with Crippen LogP contribution < -0.4 is 4.74 Å². The zero-order valence-corrected chi connectivity index (χ0v) is 10.7. The van der Waals surface area contributed by atoms with Crippen LogP contribution >= 0.6 is 11.6 Å². The molecule has 0 spiro atoms. The van der Waals surface area contributed by atoms with Gasteiger partial charge in [0.1, 0.15) is 11.4 Å². The quantitative estimate of drug-likeness (QED) is 0.274. The van der Waals surface area contributed by atoms with E-state index in [0.717, 1.165) is 12.1 Å². The van der Waals surface area contributed by atoms with Crippen molar-refractivity contribution in [3.8, 4) is 5.75 Å². The highest BCUT2D eigenvalue weighted by molar-refractivity contribution is 6.32. The molecule has 1 rings (SSSR count). The Morgan fingerprint density at radius 3 is 2.84 bits per heavy atom. The molecule has 1 aromatic rings. The number of isocyanates is 1. The molecule has 7 heteroatoms. The van der Waals surface area contributed by atoms with Gasteiger partial charge in [-0.15, -0.1) is 0 Å². The van der Waals surface area contributed by atoms with E-state index in [1.54, 1.807) is 6.92 Å². The largest absolute Gasteiger partial charge is 0.460 e. The van der Waals surface area contributed by atoms with Gasteiger partial charge in [0, 0.05) is 6.07 Å². The van der Waals surface area contributed by atoms with Crippen molar-refractivity contribution in [3.63, 3.8) is 0 Å². The number of esters is 1. The monoisotopic (exact) mass is 285 g/mol. The normalized spacial score (nSPS) is 9.42. The maximum atomic E-state index is 13.3. The van der Waals surface area contributed by atoms with Crippen molar-refractivity contribution >= 4 is 29.3 Å². The Morgan fingerprint density at radius 2 is 2.26 bits per heavy atom. The average molecular weight is 286 g/mol. The van der Waals surface area contributed by atoms with Crippen LogP contribution in [0, 0.1) is 5.82 Å². The molecule has 0 aliphatic rings. The van der Waals surface area contributed by atoms with Crippen molar-refractivity contribution in [3.05, 3.63) is 35.3 Å². The van der Waals surface area contributed by atoms with Gasteiger partial charge in [0.25, 0.3) is 0 Å². The molecule has 0 atom stereocenters. The van der Waals surface area contributed by atoms with Crippen molar-refractivity contribution in [2.45, 2.75) is 6.92 Å². The molecule has 0 aliphatic carbocycles. The lowest BCUT2D eigenvalue weighted by Gasteiger charge is -2.09. The third-order valence-corrected chi connectivity index (χ3v) is 2.20. The van der Waals surface area contributed by atoms with E-state index in [9.17, 15) is 14.0 Å². The summed E-state index contributed by atoms with van der Waals surface area (Å²) in [6.07, 6.45) is 1.19. The number of carbonyl (C=O) groups is 1. The molecule has 0 aliphatic heterocycles. The van der Waals surface area contributed by atoms with E-state index in [4.69, 9.17) is 16.3 Å². The summed E-state index contributed by atoms with van der Waals surface area (Å²) in [6.45, 7) is 5.12. The van der Waals surface area contributed by atoms with E-state index < -0.39 is 11.8 Å². The van der Waals surface area contributed by atoms with E-state index in [1.807, 2.05) is 0 Å². The summed E-state index contributed by atoms with van der Waals surface area (Å²) in [5.41, 5.74) is -0.314. The van der Waals surface area contributed by atoms with Crippen LogP contribution in [-0.2, 0) is 14.3 Å². The zero-order valence-electron chi connectivity index (χ0n) is 9.91. The summed E-state index contributed by atoms with van der Waals surface area (Å²) in [5.74, 6) is -1.99. The number of halogens is 2. The second-order valence-corrected chi connectivity index (χ2v) is 3.59. The lowest BCUT2D eigenvalue weighted by atomic mass is 10.3. The number of nitrogens with zero attached hydrogens (tertiary/aromatic N) is 1. The highest BCUT2D eigenvalue weighted by Gasteiger charge is 2.15. The molecular weight excluding hydrogens is 277 g/mol. The third-order valence-electron chi connectivity index (χ3n) is 1.90. The molecule has 0 aromatic heterocycles. The van der Waals surface area contributed by atoms with Crippen molar-refractivity contribution in [2.24, 2.45) is 4.99 Å². The van der Waals surface area contributed by atoms with Gasteiger partial charge in [-0.1, -0.05) is 11.6 Å². The van der Waals surface area contributed by atoms with Crippen molar-refractivity contribution in [2.75, 3.05) is 6.61 Å². The SMILES string of the molecule is C=C(Oc1cc(N=C=O)c(F)cc1Cl)C(=O)OCC. The zero-order chi connectivity index (χ0) is 14.4. The van der Waals surface area contributed by atoms with Crippen LogP contribution in [0.3, 0.4) is 0 Å². The predicted molar refractivity (Wildman–Crippen MR) is 65.6 cm³/mol. The van der Waals surface area contributed by atoms with Gasteiger partial charge in [-0.05, 0) is 19.6 Å². The first-order chi connectivity index (χ1) is 8.99. The summed E-state index contributed by atoms with van der Waals surface area (Å²) in [5, 5.41) is -0.104. The van der Waals surface area contributed by atoms with E-state index in [1.165, 1.54) is 6.08 Å². The summed E-state index contributed by atoms with van der Waals surface area (Å²) < 4.78 is 23.0. The molecule has 100 valence electrons. The Morgan fingerprint density at radius 1 is 1.58 bits per heavy atom. The van der Waals surface area contributed by atoms with E-state index >= 15 is 0 Å². The molecule has 0 saturated carbocycles. The second-order valence-electron chi connectivity index (χ2n) is 3.18. The van der Waals surface area contributed by atoms with Crippen LogP contribution in [0.5, 0.6) is 5.75 Å². The number of rotatable bonds is 5. The summed E-state index contributed by atoms with van der Waals surface area (Å²) >= 11 is 5.73. The van der Waals surface area contributed by atoms with Gasteiger partial charge in [0.15, 0.2) is 5.82 Å². The predicted octanol–water partition coefficient (Wildman–Crippen LogP) is 2.90. The number of hydrogen-bond acceptors (Lipinski definition) is 5. The smallest absolute Gasteiger partial charge is 0.373 e. The molecule has 0 unspecified atom stereocenters. The van der Waals surface area contributed by atoms with Crippen LogP contribution in [0.1, 0.15) is 6.92 Å². The number of ether oxygens (including phenoxy) is 2. The minimum atomic E-state index is -0.817. The van der Waals surface area contributed by atoms with E-state index in [-0.39, 0.29) is 28.8 Å². The van der Waals surface area contributed by atoms with E-state index in [0.29, 0.717) is 0 Å². The first-order valence-corrected chi connectivity index (χ1v) is 5.48. The van der Waals surface area contributed by atoms with E-state index in [2.05, 4.69) is 16.3 Å². The molecule has 0 bridgehead atoms. The Balaban J connectivity index is 3.01. The van der Waals surface area contributed by atoms with Crippen molar-refractivity contribution < 1.29 is 23.5 Å².